The summed E-state index contributed by atoms with van der Waals surface area (Å²) >= 11 is 0. The molecule has 0 radical (unpaired) electrons. The highest BCUT2D eigenvalue weighted by Gasteiger charge is 2.37. The first kappa shape index (κ1) is 28.9. The van der Waals surface area contributed by atoms with Crippen molar-refractivity contribution in [2.24, 2.45) is 0 Å². The van der Waals surface area contributed by atoms with Gasteiger partial charge in [-0.2, -0.15) is 4.98 Å². The maximum atomic E-state index is 14.0. The quantitative estimate of drug-likeness (QED) is 0.274. The molecule has 2 aliphatic heterocycles. The average molecular weight is 597 g/mol. The number of aromatic nitrogens is 2. The number of carbonyl (C=O) groups is 1. The highest BCUT2D eigenvalue weighted by molar-refractivity contribution is 7.92. The van der Waals surface area contributed by atoms with Crippen molar-refractivity contribution < 1.29 is 17.9 Å². The van der Waals surface area contributed by atoms with E-state index in [0.717, 1.165) is 27.8 Å². The van der Waals surface area contributed by atoms with Crippen LogP contribution in [0.3, 0.4) is 0 Å². The van der Waals surface area contributed by atoms with Gasteiger partial charge in [0.25, 0.3) is 15.9 Å². The minimum atomic E-state index is -4.12. The fourth-order valence-electron chi connectivity index (χ4n) is 6.07. The van der Waals surface area contributed by atoms with E-state index in [1.807, 2.05) is 43.9 Å². The molecule has 1 N–H and O–H groups in total. The summed E-state index contributed by atoms with van der Waals surface area (Å²) in [5, 5.41) is 0. The molecule has 2 atom stereocenters. The Labute approximate surface area is 253 Å². The Balaban J connectivity index is 1.54. The van der Waals surface area contributed by atoms with E-state index in [2.05, 4.69) is 53.7 Å². The predicted octanol–water partition coefficient (Wildman–Crippen LogP) is 6.38. The molecular weight excluding hydrogens is 560 g/mol. The number of ether oxygens (including phenoxy) is 1. The van der Waals surface area contributed by atoms with Crippen LogP contribution in [-0.2, 0) is 22.0 Å². The number of anilines is 1. The lowest BCUT2D eigenvalue weighted by Crippen LogP contribution is -2.46. The van der Waals surface area contributed by atoms with Crippen LogP contribution in [0.15, 0.2) is 71.6 Å². The average Bonchev–Trinajstić information content (AvgIpc) is 2.94. The van der Waals surface area contributed by atoms with Crippen LogP contribution in [0, 0.1) is 13.8 Å². The normalized spacial score (nSPS) is 19.5. The number of hydrogen-bond acceptors (Lipinski definition) is 6. The van der Waals surface area contributed by atoms with Gasteiger partial charge in [0.05, 0.1) is 17.2 Å². The van der Waals surface area contributed by atoms with Crippen molar-refractivity contribution in [3.63, 3.8) is 0 Å². The topological polar surface area (TPSA) is 101 Å². The van der Waals surface area contributed by atoms with E-state index < -0.39 is 10.0 Å². The van der Waals surface area contributed by atoms with Crippen molar-refractivity contribution in [3.8, 4) is 17.1 Å². The fourth-order valence-corrected chi connectivity index (χ4v) is 7.06. The van der Waals surface area contributed by atoms with E-state index in [9.17, 15) is 13.2 Å². The SMILES string of the molecule is Cc1cccc(C)c1-c1cc2nc(n1)NS(=O)(=O)c1cccc(c1)C(=O)N1Cc3cc(C(C)(C)C)ccc3C(CO2)C1C. The number of fused-ring (bicyclic) bond motifs is 8. The van der Waals surface area contributed by atoms with Gasteiger partial charge in [0.1, 0.15) is 0 Å². The Kier molecular flexibility index (Phi) is 7.04. The minimum absolute atomic E-state index is 0.0458. The van der Waals surface area contributed by atoms with Gasteiger partial charge >= 0.3 is 0 Å². The maximum absolute atomic E-state index is 14.0. The van der Waals surface area contributed by atoms with Crippen molar-refractivity contribution in [1.82, 2.24) is 14.9 Å². The highest BCUT2D eigenvalue weighted by Crippen LogP contribution is 2.38. The summed E-state index contributed by atoms with van der Waals surface area (Å²) in [6.07, 6.45) is 0. The van der Waals surface area contributed by atoms with Gasteiger partial charge in [-0.1, -0.05) is 63.2 Å². The molecule has 222 valence electrons. The third kappa shape index (κ3) is 5.38. The van der Waals surface area contributed by atoms with Gasteiger partial charge in [-0.3, -0.25) is 4.79 Å². The van der Waals surface area contributed by atoms with Crippen LogP contribution in [0.4, 0.5) is 5.95 Å². The van der Waals surface area contributed by atoms with Gasteiger partial charge in [0.15, 0.2) is 0 Å². The lowest BCUT2D eigenvalue weighted by molar-refractivity contribution is 0.0590. The Morgan fingerprint density at radius 1 is 0.953 bits per heavy atom. The van der Waals surface area contributed by atoms with E-state index in [1.165, 1.54) is 17.7 Å². The van der Waals surface area contributed by atoms with E-state index in [4.69, 9.17) is 4.74 Å². The molecular formula is C34H36N4O4S. The molecule has 6 rings (SSSR count). The predicted molar refractivity (Wildman–Crippen MR) is 167 cm³/mol. The van der Waals surface area contributed by atoms with E-state index >= 15 is 0 Å². The maximum Gasteiger partial charge on any atom is 0.264 e. The molecule has 0 saturated heterocycles. The van der Waals surface area contributed by atoms with Gasteiger partial charge in [-0.05, 0) is 72.2 Å². The number of hydrogen-bond donors (Lipinski definition) is 1. The van der Waals surface area contributed by atoms with Crippen molar-refractivity contribution in [2.75, 3.05) is 11.3 Å². The number of nitrogens with one attached hydrogen (secondary N) is 1. The molecule has 6 bridgehead atoms. The molecule has 9 heteroatoms. The second-order valence-corrected chi connectivity index (χ2v) is 14.3. The van der Waals surface area contributed by atoms with Crippen LogP contribution in [0.1, 0.15) is 71.8 Å². The molecule has 0 spiro atoms. The number of sulfonamides is 1. The zero-order valence-corrected chi connectivity index (χ0v) is 26.1. The molecule has 43 heavy (non-hydrogen) atoms. The standard InChI is InChI=1S/C34H36N4O4S/c1-20-9-7-10-21(2)31(20)29-17-30-36-33(35-29)37-43(40,41)26-12-8-11-23(16-26)32(39)38-18-24-15-25(34(4,5)6)13-14-27(24)28(19-42-30)22(38)3/h7-17,22,28H,18-19H2,1-6H3,(H,35,36,37). The summed E-state index contributed by atoms with van der Waals surface area (Å²) in [6, 6.07) is 20.1. The molecule has 3 aromatic carbocycles. The number of aryl methyl sites for hydroxylation is 2. The summed E-state index contributed by atoms with van der Waals surface area (Å²) in [4.78, 5) is 24.8. The van der Waals surface area contributed by atoms with Crippen molar-refractivity contribution in [2.45, 2.75) is 70.4 Å². The van der Waals surface area contributed by atoms with Gasteiger partial charge in [-0.15, -0.1) is 0 Å². The number of amides is 1. The van der Waals surface area contributed by atoms with Gasteiger partial charge in [0, 0.05) is 35.7 Å². The number of nitrogens with zero attached hydrogens (tertiary/aromatic N) is 3. The first-order chi connectivity index (χ1) is 20.3. The molecule has 3 heterocycles. The molecule has 4 aromatic rings. The molecule has 0 fully saturated rings. The summed E-state index contributed by atoms with van der Waals surface area (Å²) in [5.41, 5.74) is 7.06. The van der Waals surface area contributed by atoms with Gasteiger partial charge in [0.2, 0.25) is 11.8 Å². The summed E-state index contributed by atoms with van der Waals surface area (Å²) in [7, 11) is -4.12. The molecule has 0 saturated carbocycles. The lowest BCUT2D eigenvalue weighted by Gasteiger charge is -2.41. The molecule has 1 amide bonds. The summed E-state index contributed by atoms with van der Waals surface area (Å²) < 4.78 is 36.0. The van der Waals surface area contributed by atoms with E-state index in [0.29, 0.717) is 17.8 Å². The summed E-state index contributed by atoms with van der Waals surface area (Å²) in [6.45, 7) is 13.2. The Morgan fingerprint density at radius 2 is 1.67 bits per heavy atom. The molecule has 8 nitrogen and oxygen atoms in total. The zero-order valence-electron chi connectivity index (χ0n) is 25.3. The smallest absolute Gasteiger partial charge is 0.264 e. The fraction of sp³-hybridized carbons (Fsp3) is 0.324. The lowest BCUT2D eigenvalue weighted by atomic mass is 9.79. The van der Waals surface area contributed by atoms with Crippen LogP contribution < -0.4 is 9.46 Å². The van der Waals surface area contributed by atoms with Crippen molar-refractivity contribution >= 4 is 21.9 Å². The molecule has 2 unspecified atom stereocenters. The second-order valence-electron chi connectivity index (χ2n) is 12.6. The Morgan fingerprint density at radius 3 is 2.40 bits per heavy atom. The first-order valence-corrected chi connectivity index (χ1v) is 16.0. The third-order valence-corrected chi connectivity index (χ3v) is 9.88. The van der Waals surface area contributed by atoms with Crippen LogP contribution in [0.25, 0.3) is 11.3 Å². The van der Waals surface area contributed by atoms with E-state index in [1.54, 1.807) is 18.2 Å². The molecule has 2 aliphatic rings. The van der Waals surface area contributed by atoms with Crippen LogP contribution >= 0.6 is 0 Å². The van der Waals surface area contributed by atoms with E-state index in [-0.39, 0.29) is 46.6 Å². The molecule has 0 aliphatic carbocycles. The van der Waals surface area contributed by atoms with Crippen LogP contribution in [0.2, 0.25) is 0 Å². The highest BCUT2D eigenvalue weighted by atomic mass is 32.2. The zero-order chi connectivity index (χ0) is 30.7. The largest absolute Gasteiger partial charge is 0.477 e. The Bertz CT molecular complexity index is 1840. The van der Waals surface area contributed by atoms with Crippen LogP contribution in [0.5, 0.6) is 5.88 Å². The molecule has 1 aromatic heterocycles. The van der Waals surface area contributed by atoms with Gasteiger partial charge < -0.3 is 9.64 Å². The number of rotatable bonds is 1. The third-order valence-electron chi connectivity index (χ3n) is 8.55. The number of carbonyl (C=O) groups excluding carboxylic acids is 1. The minimum Gasteiger partial charge on any atom is -0.477 e. The van der Waals surface area contributed by atoms with Crippen molar-refractivity contribution in [1.29, 1.82) is 0 Å². The van der Waals surface area contributed by atoms with Crippen molar-refractivity contribution in [3.05, 3.63) is 100 Å². The first-order valence-electron chi connectivity index (χ1n) is 14.5. The monoisotopic (exact) mass is 596 g/mol. The Hall–Kier alpha value is -4.24. The summed E-state index contributed by atoms with van der Waals surface area (Å²) in [5.74, 6) is -0.228. The van der Waals surface area contributed by atoms with Crippen LogP contribution in [-0.4, -0.2) is 41.8 Å². The number of benzene rings is 3. The second kappa shape index (κ2) is 10.5. The van der Waals surface area contributed by atoms with Gasteiger partial charge in [-0.25, -0.2) is 18.1 Å².